The first-order valence-electron chi connectivity index (χ1n) is 14.2. The highest BCUT2D eigenvalue weighted by atomic mass is 16.5. The van der Waals surface area contributed by atoms with E-state index in [0.29, 0.717) is 42.2 Å². The summed E-state index contributed by atoms with van der Waals surface area (Å²) >= 11 is 0. The first-order chi connectivity index (χ1) is 18.7. The molecule has 0 spiro atoms. The highest BCUT2D eigenvalue weighted by molar-refractivity contribution is 5.93. The molecule has 0 unspecified atom stereocenters. The van der Waals surface area contributed by atoms with E-state index in [4.69, 9.17) is 9.05 Å². The summed E-state index contributed by atoms with van der Waals surface area (Å²) in [5.74, 6) is 3.06. The number of rotatable bonds is 7. The van der Waals surface area contributed by atoms with Crippen LogP contribution in [0.3, 0.4) is 0 Å². The smallest absolute Gasteiger partial charge is 0.273 e. The molecule has 6 rings (SSSR count). The van der Waals surface area contributed by atoms with Crippen molar-refractivity contribution in [1.82, 2.24) is 30.7 Å². The van der Waals surface area contributed by atoms with Gasteiger partial charge in [0.25, 0.3) is 11.8 Å². The van der Waals surface area contributed by atoms with E-state index in [1.54, 1.807) is 24.0 Å². The lowest BCUT2D eigenvalue weighted by molar-refractivity contribution is -0.127. The van der Waals surface area contributed by atoms with Crippen molar-refractivity contribution in [2.24, 2.45) is 11.8 Å². The van der Waals surface area contributed by atoms with Crippen LogP contribution in [0.5, 0.6) is 0 Å². The molecule has 0 radical (unpaired) electrons. The molecule has 4 atom stereocenters. The van der Waals surface area contributed by atoms with Gasteiger partial charge in [-0.05, 0) is 44.1 Å². The molecule has 4 aliphatic rings. The highest BCUT2D eigenvalue weighted by Gasteiger charge is 2.34. The zero-order chi connectivity index (χ0) is 27.7. The Morgan fingerprint density at radius 1 is 0.821 bits per heavy atom. The molecule has 2 saturated heterocycles. The molecule has 11 nitrogen and oxygen atoms in total. The standard InChI is InChI=1S/C14H19N3O3.C14H21N3O2/c1-8-6-17(9(2)18)7-12(8)15-14(19)11-5-13(20-16-11)10-3-4-10;1-3-17-7-9(2)12(8-17)15-14(18)11-6-13(19-16-11)10-4-5-10/h5,8,10,12H,3-4,6-7H2,1-2H3,(H,15,19);6,9-10,12H,3-5,7-8H2,1-2H3,(H,15,18)/t8-,12+;9-,12+/m00/s1. The van der Waals surface area contributed by atoms with E-state index in [-0.39, 0.29) is 35.7 Å². The molecule has 2 aliphatic carbocycles. The quantitative estimate of drug-likeness (QED) is 0.548. The minimum Gasteiger partial charge on any atom is -0.360 e. The molecule has 39 heavy (non-hydrogen) atoms. The number of hydrogen-bond donors (Lipinski definition) is 2. The van der Waals surface area contributed by atoms with Crippen molar-refractivity contribution in [3.8, 4) is 0 Å². The Balaban J connectivity index is 0.000000158. The van der Waals surface area contributed by atoms with Gasteiger partial charge in [0.15, 0.2) is 11.4 Å². The van der Waals surface area contributed by atoms with Gasteiger partial charge in [-0.25, -0.2) is 0 Å². The van der Waals surface area contributed by atoms with Crippen molar-refractivity contribution >= 4 is 17.7 Å². The van der Waals surface area contributed by atoms with Crippen molar-refractivity contribution in [2.75, 3.05) is 32.7 Å². The monoisotopic (exact) mass is 540 g/mol. The Morgan fingerprint density at radius 3 is 1.72 bits per heavy atom. The van der Waals surface area contributed by atoms with Crippen LogP contribution >= 0.6 is 0 Å². The van der Waals surface area contributed by atoms with Crippen LogP contribution in [0.25, 0.3) is 0 Å². The number of aromatic nitrogens is 2. The molecule has 0 bridgehead atoms. The van der Waals surface area contributed by atoms with Gasteiger partial charge in [0, 0.05) is 63.1 Å². The zero-order valence-corrected chi connectivity index (χ0v) is 23.3. The van der Waals surface area contributed by atoms with E-state index in [0.717, 1.165) is 56.8 Å². The predicted octanol–water partition coefficient (Wildman–Crippen LogP) is 2.77. The van der Waals surface area contributed by atoms with Gasteiger partial charge >= 0.3 is 0 Å². The molecule has 2 aromatic rings. The van der Waals surface area contributed by atoms with E-state index in [1.807, 2.05) is 6.92 Å². The van der Waals surface area contributed by atoms with Gasteiger partial charge in [0.1, 0.15) is 11.5 Å². The Kier molecular flexibility index (Phi) is 8.06. The number of likely N-dealkylation sites (tertiary alicyclic amines) is 2. The number of carbonyl (C=O) groups excluding carboxylic acids is 3. The van der Waals surface area contributed by atoms with Gasteiger partial charge in [-0.1, -0.05) is 31.1 Å². The second kappa shape index (κ2) is 11.5. The van der Waals surface area contributed by atoms with Crippen molar-refractivity contribution in [3.05, 3.63) is 35.0 Å². The summed E-state index contributed by atoms with van der Waals surface area (Å²) in [4.78, 5) is 39.8. The average molecular weight is 541 g/mol. The maximum Gasteiger partial charge on any atom is 0.273 e. The lowest BCUT2D eigenvalue weighted by Crippen LogP contribution is -2.40. The van der Waals surface area contributed by atoms with E-state index in [1.165, 1.54) is 0 Å². The largest absolute Gasteiger partial charge is 0.360 e. The van der Waals surface area contributed by atoms with Gasteiger partial charge < -0.3 is 29.5 Å². The zero-order valence-electron chi connectivity index (χ0n) is 23.3. The third-order valence-electron chi connectivity index (χ3n) is 8.31. The molecule has 3 amide bonds. The van der Waals surface area contributed by atoms with Gasteiger partial charge in [-0.2, -0.15) is 0 Å². The molecule has 2 saturated carbocycles. The van der Waals surface area contributed by atoms with Gasteiger partial charge in [0.2, 0.25) is 5.91 Å². The topological polar surface area (TPSA) is 134 Å². The Bertz CT molecular complexity index is 1180. The lowest BCUT2D eigenvalue weighted by Gasteiger charge is -2.15. The van der Waals surface area contributed by atoms with Gasteiger partial charge in [0.05, 0.1) is 6.04 Å². The van der Waals surface area contributed by atoms with Crippen molar-refractivity contribution in [2.45, 2.75) is 77.3 Å². The SMILES string of the molecule is CC(=O)N1C[C@H](C)[C@H](NC(=O)c2cc(C3CC3)on2)C1.CCN1C[C@H](C)[C@H](NC(=O)c2cc(C3CC3)on2)C1. The first-order valence-corrected chi connectivity index (χ1v) is 14.2. The van der Waals surface area contributed by atoms with Gasteiger partial charge in [-0.15, -0.1) is 0 Å². The van der Waals surface area contributed by atoms with Crippen LogP contribution in [0.2, 0.25) is 0 Å². The molecule has 2 aromatic heterocycles. The number of hydrogen-bond acceptors (Lipinski definition) is 8. The summed E-state index contributed by atoms with van der Waals surface area (Å²) in [5.41, 5.74) is 0.754. The minimum absolute atomic E-state index is 0.0209. The van der Waals surface area contributed by atoms with Gasteiger partial charge in [-0.3, -0.25) is 14.4 Å². The van der Waals surface area contributed by atoms with Crippen LogP contribution in [-0.4, -0.2) is 82.6 Å². The third kappa shape index (κ3) is 6.69. The summed E-state index contributed by atoms with van der Waals surface area (Å²) < 4.78 is 10.4. The maximum atomic E-state index is 12.1. The molecule has 0 aromatic carbocycles. The van der Waals surface area contributed by atoms with Crippen LogP contribution in [-0.2, 0) is 4.79 Å². The van der Waals surface area contributed by atoms with E-state index in [9.17, 15) is 14.4 Å². The predicted molar refractivity (Wildman–Crippen MR) is 142 cm³/mol. The fourth-order valence-electron chi connectivity index (χ4n) is 5.32. The summed E-state index contributed by atoms with van der Waals surface area (Å²) in [6.07, 6.45) is 4.54. The van der Waals surface area contributed by atoms with Crippen molar-refractivity contribution in [3.63, 3.8) is 0 Å². The Hall–Kier alpha value is -3.21. The van der Waals surface area contributed by atoms with Crippen LogP contribution in [0.15, 0.2) is 21.2 Å². The number of nitrogens with one attached hydrogen (secondary N) is 2. The fourth-order valence-corrected chi connectivity index (χ4v) is 5.32. The van der Waals surface area contributed by atoms with Crippen LogP contribution < -0.4 is 10.6 Å². The van der Waals surface area contributed by atoms with E-state index in [2.05, 4.69) is 39.7 Å². The fraction of sp³-hybridized carbons (Fsp3) is 0.679. The summed E-state index contributed by atoms with van der Waals surface area (Å²) in [5, 5.41) is 13.7. The molecular weight excluding hydrogens is 500 g/mol. The third-order valence-corrected chi connectivity index (χ3v) is 8.31. The Labute approximate surface area is 229 Å². The van der Waals surface area contributed by atoms with E-state index < -0.39 is 0 Å². The maximum absolute atomic E-state index is 12.1. The summed E-state index contributed by atoms with van der Waals surface area (Å²) in [7, 11) is 0. The minimum atomic E-state index is -0.220. The van der Waals surface area contributed by atoms with Crippen LogP contribution in [0, 0.1) is 11.8 Å². The number of amides is 3. The normalized spacial score (nSPS) is 26.7. The second-order valence-electron chi connectivity index (χ2n) is 11.7. The highest BCUT2D eigenvalue weighted by Crippen LogP contribution is 2.40. The summed E-state index contributed by atoms with van der Waals surface area (Å²) in [6.45, 7) is 12.2. The van der Waals surface area contributed by atoms with E-state index >= 15 is 0 Å². The lowest BCUT2D eigenvalue weighted by atomic mass is 10.1. The van der Waals surface area contributed by atoms with Crippen molar-refractivity contribution in [1.29, 1.82) is 0 Å². The molecular formula is C28H40N6O5. The number of carbonyl (C=O) groups is 3. The average Bonchev–Trinajstić information content (AvgIpc) is 3.75. The molecule has 2 N–H and O–H groups in total. The molecule has 4 fully saturated rings. The van der Waals surface area contributed by atoms with Crippen molar-refractivity contribution < 1.29 is 23.4 Å². The Morgan fingerprint density at radius 2 is 1.31 bits per heavy atom. The number of nitrogens with zero attached hydrogens (tertiary/aromatic N) is 4. The van der Waals surface area contributed by atoms with Crippen LogP contribution in [0.1, 0.15) is 97.7 Å². The molecule has 11 heteroatoms. The molecule has 4 heterocycles. The summed E-state index contributed by atoms with van der Waals surface area (Å²) in [6, 6.07) is 3.72. The number of likely N-dealkylation sites (N-methyl/N-ethyl adjacent to an activating group) is 1. The second-order valence-corrected chi connectivity index (χ2v) is 11.7. The molecule has 2 aliphatic heterocycles. The molecule has 212 valence electrons. The van der Waals surface area contributed by atoms with Crippen LogP contribution in [0.4, 0.5) is 0 Å². The first kappa shape index (κ1) is 27.4.